The molecule has 0 aliphatic carbocycles. The molecule has 0 atom stereocenters. The van der Waals surface area contributed by atoms with Crippen LogP contribution < -0.4 is 11.1 Å². The van der Waals surface area contributed by atoms with Crippen molar-refractivity contribution in [3.63, 3.8) is 0 Å². The normalized spacial score (nSPS) is 17.4. The summed E-state index contributed by atoms with van der Waals surface area (Å²) in [5.74, 6) is 0. The molecule has 2 rings (SSSR count). The van der Waals surface area contributed by atoms with Crippen LogP contribution in [0.15, 0.2) is 11.0 Å². The Kier molecular flexibility index (Phi) is 3.97. The Morgan fingerprint density at radius 2 is 1.94 bits per heavy atom. The number of hydrogen-bond acceptors (Lipinski definition) is 4. The van der Waals surface area contributed by atoms with E-state index in [-0.39, 0.29) is 0 Å². The average molecular weight is 251 g/mol. The molecule has 0 saturated carbocycles. The summed E-state index contributed by atoms with van der Waals surface area (Å²) < 4.78 is 0. The molecule has 94 valence electrons. The van der Waals surface area contributed by atoms with Gasteiger partial charge in [0, 0.05) is 43.3 Å². The highest BCUT2D eigenvalue weighted by atomic mass is 32.1. The highest BCUT2D eigenvalue weighted by Crippen LogP contribution is 2.27. The maximum Gasteiger partial charge on any atom is 0.0358 e. The Labute approximate surface area is 109 Å². The first-order valence-electron chi connectivity index (χ1n) is 6.10. The third-order valence-electron chi connectivity index (χ3n) is 3.56. The van der Waals surface area contributed by atoms with E-state index >= 15 is 0 Å². The Morgan fingerprint density at radius 1 is 1.29 bits per heavy atom. The summed E-state index contributed by atoms with van der Waals surface area (Å²) in [5.41, 5.74) is 10.5. The van der Waals surface area contributed by atoms with Crippen molar-refractivity contribution in [2.45, 2.75) is 25.3 Å². The molecule has 1 fully saturated rings. The molecule has 3 N–H and O–H groups in total. The largest absolute Gasteiger partial charge is 0.398 e. The summed E-state index contributed by atoms with van der Waals surface area (Å²) in [6.45, 7) is 9.50. The molecule has 1 aromatic carbocycles. The molecular formula is C13H21N3S. The smallest absolute Gasteiger partial charge is 0.0358 e. The molecule has 1 aliphatic rings. The van der Waals surface area contributed by atoms with Crippen LogP contribution in [0.4, 0.5) is 5.69 Å². The molecular weight excluding hydrogens is 230 g/mol. The van der Waals surface area contributed by atoms with Crippen LogP contribution in [0.25, 0.3) is 0 Å². The van der Waals surface area contributed by atoms with Gasteiger partial charge in [-0.1, -0.05) is 0 Å². The summed E-state index contributed by atoms with van der Waals surface area (Å²) in [4.78, 5) is 3.50. The SMILES string of the molecule is Cc1c(N)cc(CN2CCNCC2)c(C)c1S. The van der Waals surface area contributed by atoms with Gasteiger partial charge in [-0.05, 0) is 36.6 Å². The van der Waals surface area contributed by atoms with Gasteiger partial charge in [0.05, 0.1) is 0 Å². The van der Waals surface area contributed by atoms with E-state index in [9.17, 15) is 0 Å². The van der Waals surface area contributed by atoms with Crippen molar-refractivity contribution in [3.8, 4) is 0 Å². The molecule has 4 heteroatoms. The minimum atomic E-state index is 0.853. The van der Waals surface area contributed by atoms with Crippen LogP contribution in [0.3, 0.4) is 0 Å². The Morgan fingerprint density at radius 3 is 2.59 bits per heavy atom. The minimum absolute atomic E-state index is 0.853. The fourth-order valence-electron chi connectivity index (χ4n) is 2.25. The predicted octanol–water partition coefficient (Wildman–Crippen LogP) is 1.58. The third-order valence-corrected chi connectivity index (χ3v) is 4.23. The Hall–Kier alpha value is -0.710. The second-order valence-electron chi connectivity index (χ2n) is 4.75. The molecule has 3 nitrogen and oxygen atoms in total. The van der Waals surface area contributed by atoms with Crippen molar-refractivity contribution in [1.29, 1.82) is 0 Å². The van der Waals surface area contributed by atoms with Gasteiger partial charge in [-0.3, -0.25) is 4.90 Å². The number of hydrogen-bond donors (Lipinski definition) is 3. The molecule has 0 spiro atoms. The summed E-state index contributed by atoms with van der Waals surface area (Å²) in [7, 11) is 0. The third kappa shape index (κ3) is 2.76. The first kappa shape index (κ1) is 12.7. The van der Waals surface area contributed by atoms with Crippen molar-refractivity contribution < 1.29 is 0 Å². The van der Waals surface area contributed by atoms with E-state index < -0.39 is 0 Å². The zero-order chi connectivity index (χ0) is 12.4. The molecule has 17 heavy (non-hydrogen) atoms. The van der Waals surface area contributed by atoms with Crippen LogP contribution in [0, 0.1) is 13.8 Å². The molecule has 0 unspecified atom stereocenters. The number of benzene rings is 1. The van der Waals surface area contributed by atoms with Crippen molar-refractivity contribution in [3.05, 3.63) is 22.8 Å². The number of nitrogens with zero attached hydrogens (tertiary/aromatic N) is 1. The maximum absolute atomic E-state index is 6.02. The highest BCUT2D eigenvalue weighted by molar-refractivity contribution is 7.80. The van der Waals surface area contributed by atoms with Gasteiger partial charge in [-0.15, -0.1) is 12.6 Å². The van der Waals surface area contributed by atoms with Crippen molar-refractivity contribution in [2.75, 3.05) is 31.9 Å². The summed E-state index contributed by atoms with van der Waals surface area (Å²) >= 11 is 4.56. The fraction of sp³-hybridized carbons (Fsp3) is 0.538. The van der Waals surface area contributed by atoms with Gasteiger partial charge < -0.3 is 11.1 Å². The van der Waals surface area contributed by atoms with E-state index in [1.807, 2.05) is 6.92 Å². The second-order valence-corrected chi connectivity index (χ2v) is 5.20. The van der Waals surface area contributed by atoms with Crippen molar-refractivity contribution >= 4 is 18.3 Å². The summed E-state index contributed by atoms with van der Waals surface area (Å²) in [5, 5.41) is 3.37. The number of rotatable bonds is 2. The number of piperazine rings is 1. The molecule has 1 aromatic rings. The zero-order valence-electron chi connectivity index (χ0n) is 10.6. The van der Waals surface area contributed by atoms with Crippen molar-refractivity contribution in [1.82, 2.24) is 10.2 Å². The first-order chi connectivity index (χ1) is 8.09. The van der Waals surface area contributed by atoms with Gasteiger partial charge in [-0.2, -0.15) is 0 Å². The topological polar surface area (TPSA) is 41.3 Å². The monoisotopic (exact) mass is 251 g/mol. The van der Waals surface area contributed by atoms with Crippen LogP contribution in [0.5, 0.6) is 0 Å². The van der Waals surface area contributed by atoms with Gasteiger partial charge >= 0.3 is 0 Å². The fourth-order valence-corrected chi connectivity index (χ4v) is 2.52. The Bertz CT molecular complexity index is 412. The molecule has 0 aromatic heterocycles. The molecule has 0 radical (unpaired) electrons. The number of nitrogens with one attached hydrogen (secondary N) is 1. The van der Waals surface area contributed by atoms with E-state index in [1.54, 1.807) is 0 Å². The molecule has 1 aliphatic heterocycles. The maximum atomic E-state index is 6.02. The summed E-state index contributed by atoms with van der Waals surface area (Å²) in [6.07, 6.45) is 0. The second kappa shape index (κ2) is 5.29. The lowest BCUT2D eigenvalue weighted by molar-refractivity contribution is 0.232. The quantitative estimate of drug-likeness (QED) is 0.552. The molecule has 1 heterocycles. The van der Waals surface area contributed by atoms with Crippen LogP contribution in [0.1, 0.15) is 16.7 Å². The van der Waals surface area contributed by atoms with Crippen LogP contribution >= 0.6 is 12.6 Å². The zero-order valence-corrected chi connectivity index (χ0v) is 11.5. The average Bonchev–Trinajstić information content (AvgIpc) is 2.35. The van der Waals surface area contributed by atoms with E-state index in [4.69, 9.17) is 5.73 Å². The number of anilines is 1. The van der Waals surface area contributed by atoms with Gasteiger partial charge in [0.1, 0.15) is 0 Å². The number of thiol groups is 1. The van der Waals surface area contributed by atoms with Crippen LogP contribution in [0.2, 0.25) is 0 Å². The number of nitrogen functional groups attached to an aromatic ring is 1. The van der Waals surface area contributed by atoms with Crippen molar-refractivity contribution in [2.24, 2.45) is 0 Å². The lowest BCUT2D eigenvalue weighted by Crippen LogP contribution is -2.43. The van der Waals surface area contributed by atoms with E-state index in [2.05, 4.69) is 35.8 Å². The van der Waals surface area contributed by atoms with E-state index in [1.165, 1.54) is 11.1 Å². The first-order valence-corrected chi connectivity index (χ1v) is 6.55. The van der Waals surface area contributed by atoms with E-state index in [0.29, 0.717) is 0 Å². The standard InChI is InChI=1S/C13H21N3S/c1-9-11(7-12(14)10(2)13(9)17)8-16-5-3-15-4-6-16/h7,15,17H,3-6,8,14H2,1-2H3. The van der Waals surface area contributed by atoms with Crippen LogP contribution in [-0.2, 0) is 6.54 Å². The van der Waals surface area contributed by atoms with E-state index in [0.717, 1.165) is 48.9 Å². The van der Waals surface area contributed by atoms with Crippen LogP contribution in [-0.4, -0.2) is 31.1 Å². The van der Waals surface area contributed by atoms with Gasteiger partial charge in [0.25, 0.3) is 0 Å². The number of nitrogens with two attached hydrogens (primary N) is 1. The lowest BCUT2D eigenvalue weighted by atomic mass is 10.0. The molecule has 0 bridgehead atoms. The molecule has 1 saturated heterocycles. The summed E-state index contributed by atoms with van der Waals surface area (Å²) in [6, 6.07) is 2.10. The lowest BCUT2D eigenvalue weighted by Gasteiger charge is -2.28. The predicted molar refractivity (Wildman–Crippen MR) is 75.7 cm³/mol. The molecule has 0 amide bonds. The highest BCUT2D eigenvalue weighted by Gasteiger charge is 2.14. The Balaban J connectivity index is 2.20. The van der Waals surface area contributed by atoms with Gasteiger partial charge in [0.15, 0.2) is 0 Å². The van der Waals surface area contributed by atoms with Gasteiger partial charge in [-0.25, -0.2) is 0 Å². The minimum Gasteiger partial charge on any atom is -0.398 e. The van der Waals surface area contributed by atoms with Gasteiger partial charge in [0.2, 0.25) is 0 Å².